The summed E-state index contributed by atoms with van der Waals surface area (Å²) >= 11 is 0. The van der Waals surface area contributed by atoms with E-state index in [9.17, 15) is 9.59 Å². The van der Waals surface area contributed by atoms with Crippen molar-refractivity contribution in [1.29, 1.82) is 0 Å². The average molecular weight is 267 g/mol. The van der Waals surface area contributed by atoms with Gasteiger partial charge in [-0.2, -0.15) is 0 Å². The number of hydrogen-bond donors (Lipinski definition) is 1. The van der Waals surface area contributed by atoms with Gasteiger partial charge in [0.15, 0.2) is 6.61 Å². The molecule has 1 fully saturated rings. The van der Waals surface area contributed by atoms with Gasteiger partial charge in [0.1, 0.15) is 5.69 Å². The first-order valence-electron chi connectivity index (χ1n) is 6.02. The Bertz CT molecular complexity index is 477. The minimum absolute atomic E-state index is 0.209. The Hall–Kier alpha value is -2.02. The maximum absolute atomic E-state index is 11.8. The fourth-order valence-corrected chi connectivity index (χ4v) is 1.90. The van der Waals surface area contributed by atoms with Gasteiger partial charge in [0.05, 0.1) is 18.9 Å². The van der Waals surface area contributed by atoms with Crippen molar-refractivity contribution >= 4 is 17.6 Å². The van der Waals surface area contributed by atoms with Crippen molar-refractivity contribution in [1.82, 2.24) is 9.47 Å². The number of anilines is 1. The van der Waals surface area contributed by atoms with Crippen molar-refractivity contribution in [2.75, 3.05) is 38.6 Å². The van der Waals surface area contributed by atoms with Crippen LogP contribution in [0.2, 0.25) is 0 Å². The first kappa shape index (κ1) is 13.4. The molecule has 19 heavy (non-hydrogen) atoms. The second-order valence-corrected chi connectivity index (χ2v) is 4.34. The summed E-state index contributed by atoms with van der Waals surface area (Å²) in [6, 6.07) is 1.52. The number of amides is 1. The number of morpholine rings is 1. The van der Waals surface area contributed by atoms with E-state index in [1.54, 1.807) is 22.7 Å². The topological polar surface area (TPSA) is 86.8 Å². The highest BCUT2D eigenvalue weighted by Crippen LogP contribution is 2.10. The predicted molar refractivity (Wildman–Crippen MR) is 67.5 cm³/mol. The third-order valence-electron chi connectivity index (χ3n) is 2.93. The van der Waals surface area contributed by atoms with Gasteiger partial charge in [0.25, 0.3) is 5.91 Å². The molecule has 1 saturated heterocycles. The summed E-state index contributed by atoms with van der Waals surface area (Å²) in [4.78, 5) is 25.2. The van der Waals surface area contributed by atoms with Crippen LogP contribution in [0, 0.1) is 0 Å². The maximum atomic E-state index is 11.8. The molecule has 0 spiro atoms. The van der Waals surface area contributed by atoms with E-state index >= 15 is 0 Å². The van der Waals surface area contributed by atoms with E-state index in [1.165, 1.54) is 6.07 Å². The minimum Gasteiger partial charge on any atom is -0.451 e. The first-order chi connectivity index (χ1) is 9.08. The molecule has 1 aliphatic rings. The van der Waals surface area contributed by atoms with Gasteiger partial charge in [-0.25, -0.2) is 4.79 Å². The maximum Gasteiger partial charge on any atom is 0.355 e. The second-order valence-electron chi connectivity index (χ2n) is 4.34. The lowest BCUT2D eigenvalue weighted by atomic mass is 10.4. The number of ether oxygens (including phenoxy) is 2. The Morgan fingerprint density at radius 1 is 1.42 bits per heavy atom. The number of nitrogen functional groups attached to an aromatic ring is 1. The van der Waals surface area contributed by atoms with Gasteiger partial charge in [0, 0.05) is 26.3 Å². The Balaban J connectivity index is 1.86. The van der Waals surface area contributed by atoms with E-state index in [-0.39, 0.29) is 12.5 Å². The molecule has 2 rings (SSSR count). The molecule has 1 aliphatic heterocycles. The lowest BCUT2D eigenvalue weighted by Gasteiger charge is -2.26. The third-order valence-corrected chi connectivity index (χ3v) is 2.93. The molecule has 104 valence electrons. The number of nitrogens with two attached hydrogens (primary N) is 1. The van der Waals surface area contributed by atoms with E-state index in [2.05, 4.69) is 0 Å². The van der Waals surface area contributed by atoms with Crippen LogP contribution in [0.15, 0.2) is 12.3 Å². The Kier molecular flexibility index (Phi) is 4.06. The minimum atomic E-state index is -0.555. The first-order valence-corrected chi connectivity index (χ1v) is 6.02. The number of aromatic nitrogens is 1. The highest BCUT2D eigenvalue weighted by molar-refractivity contribution is 5.91. The van der Waals surface area contributed by atoms with Crippen molar-refractivity contribution in [2.45, 2.75) is 0 Å². The molecule has 7 nitrogen and oxygen atoms in total. The Labute approximate surface area is 110 Å². The third kappa shape index (κ3) is 3.25. The molecule has 1 aromatic rings. The molecule has 0 aromatic carbocycles. The zero-order valence-corrected chi connectivity index (χ0v) is 10.8. The largest absolute Gasteiger partial charge is 0.451 e. The van der Waals surface area contributed by atoms with Gasteiger partial charge in [-0.1, -0.05) is 0 Å². The van der Waals surface area contributed by atoms with Crippen molar-refractivity contribution in [3.8, 4) is 0 Å². The quantitative estimate of drug-likeness (QED) is 0.755. The molecule has 1 amide bonds. The molecule has 2 heterocycles. The average Bonchev–Trinajstić information content (AvgIpc) is 2.75. The molecule has 0 unspecified atom stereocenters. The van der Waals surface area contributed by atoms with Crippen LogP contribution in [0.5, 0.6) is 0 Å². The zero-order valence-electron chi connectivity index (χ0n) is 10.8. The number of nitrogens with zero attached hydrogens (tertiary/aromatic N) is 2. The number of hydrogen-bond acceptors (Lipinski definition) is 5. The zero-order chi connectivity index (χ0) is 13.8. The summed E-state index contributed by atoms with van der Waals surface area (Å²) in [5.41, 5.74) is 6.38. The lowest BCUT2D eigenvalue weighted by Crippen LogP contribution is -2.42. The van der Waals surface area contributed by atoms with Gasteiger partial charge in [-0.3, -0.25) is 4.79 Å². The van der Waals surface area contributed by atoms with Gasteiger partial charge in [-0.05, 0) is 6.07 Å². The number of carbonyl (C=O) groups excluding carboxylic acids is 2. The van der Waals surface area contributed by atoms with Crippen molar-refractivity contribution in [3.05, 3.63) is 18.0 Å². The van der Waals surface area contributed by atoms with Gasteiger partial charge >= 0.3 is 5.97 Å². The normalized spacial score (nSPS) is 15.3. The molecule has 0 bridgehead atoms. The number of esters is 1. The summed E-state index contributed by atoms with van der Waals surface area (Å²) in [7, 11) is 1.69. The number of aryl methyl sites for hydroxylation is 1. The van der Waals surface area contributed by atoms with E-state index in [4.69, 9.17) is 15.2 Å². The summed E-state index contributed by atoms with van der Waals surface area (Å²) in [5, 5.41) is 0. The van der Waals surface area contributed by atoms with Crippen LogP contribution in [0.25, 0.3) is 0 Å². The van der Waals surface area contributed by atoms with Crippen molar-refractivity contribution in [3.63, 3.8) is 0 Å². The number of carbonyl (C=O) groups is 2. The van der Waals surface area contributed by atoms with Crippen LogP contribution < -0.4 is 5.73 Å². The van der Waals surface area contributed by atoms with Crippen molar-refractivity contribution < 1.29 is 19.1 Å². The summed E-state index contributed by atoms with van der Waals surface area (Å²) in [5.74, 6) is -0.764. The van der Waals surface area contributed by atoms with E-state index < -0.39 is 5.97 Å². The molecule has 1 aromatic heterocycles. The van der Waals surface area contributed by atoms with E-state index in [1.807, 2.05) is 0 Å². The predicted octanol–water partition coefficient (Wildman–Crippen LogP) is -0.377. The van der Waals surface area contributed by atoms with Crippen LogP contribution in [0.4, 0.5) is 5.69 Å². The molecule has 2 N–H and O–H groups in total. The smallest absolute Gasteiger partial charge is 0.355 e. The van der Waals surface area contributed by atoms with Crippen LogP contribution in [-0.4, -0.2) is 54.3 Å². The standard InChI is InChI=1S/C12H17N3O4/c1-14-7-9(13)6-10(14)12(17)19-8-11(16)15-2-4-18-5-3-15/h6-7H,2-5,8,13H2,1H3. The highest BCUT2D eigenvalue weighted by atomic mass is 16.5. The molecule has 0 saturated carbocycles. The fraction of sp³-hybridized carbons (Fsp3) is 0.500. The molecule has 0 aliphatic carbocycles. The van der Waals surface area contributed by atoms with Crippen LogP contribution in [-0.2, 0) is 21.3 Å². The van der Waals surface area contributed by atoms with E-state index in [0.29, 0.717) is 37.7 Å². The second kappa shape index (κ2) is 5.75. The molecular formula is C12H17N3O4. The van der Waals surface area contributed by atoms with Crippen LogP contribution in [0.3, 0.4) is 0 Å². The van der Waals surface area contributed by atoms with Crippen LogP contribution in [0.1, 0.15) is 10.5 Å². The Morgan fingerprint density at radius 2 is 2.11 bits per heavy atom. The lowest BCUT2D eigenvalue weighted by molar-refractivity contribution is -0.138. The van der Waals surface area contributed by atoms with E-state index in [0.717, 1.165) is 0 Å². The summed E-state index contributed by atoms with van der Waals surface area (Å²) < 4.78 is 11.7. The fourth-order valence-electron chi connectivity index (χ4n) is 1.90. The summed E-state index contributed by atoms with van der Waals surface area (Å²) in [6.45, 7) is 1.85. The Morgan fingerprint density at radius 3 is 2.68 bits per heavy atom. The molecule has 0 atom stereocenters. The van der Waals surface area contributed by atoms with Gasteiger partial charge in [-0.15, -0.1) is 0 Å². The number of rotatable bonds is 3. The molecule has 7 heteroatoms. The molecule has 0 radical (unpaired) electrons. The highest BCUT2D eigenvalue weighted by Gasteiger charge is 2.19. The monoisotopic (exact) mass is 267 g/mol. The van der Waals surface area contributed by atoms with Crippen molar-refractivity contribution in [2.24, 2.45) is 7.05 Å². The van der Waals surface area contributed by atoms with Gasteiger partial charge in [0.2, 0.25) is 0 Å². The SMILES string of the molecule is Cn1cc(N)cc1C(=O)OCC(=O)N1CCOCC1. The molecular weight excluding hydrogens is 250 g/mol. The summed E-state index contributed by atoms with van der Waals surface area (Å²) in [6.07, 6.45) is 1.61. The van der Waals surface area contributed by atoms with Crippen LogP contribution >= 0.6 is 0 Å². The van der Waals surface area contributed by atoms with Gasteiger partial charge < -0.3 is 24.7 Å².